The molecule has 3 atom stereocenters. The number of anilines is 1. The van der Waals surface area contributed by atoms with Crippen LogP contribution in [-0.2, 0) is 0 Å². The van der Waals surface area contributed by atoms with Gasteiger partial charge in [-0.25, -0.2) is 0 Å². The smallest absolute Gasteiger partial charge is 0.118 e. The third kappa shape index (κ3) is 4.25. The molecule has 4 nitrogen and oxygen atoms in total. The molecule has 1 aliphatic heterocycles. The molecule has 5 rings (SSSR count). The highest BCUT2D eigenvalue weighted by Gasteiger charge is 2.43. The number of methoxy groups -OCH3 is 2. The minimum absolute atomic E-state index is 0.162. The van der Waals surface area contributed by atoms with Crippen LogP contribution in [0.25, 0.3) is 6.08 Å². The Balaban J connectivity index is 1.57. The van der Waals surface area contributed by atoms with Gasteiger partial charge < -0.3 is 9.47 Å². The van der Waals surface area contributed by atoms with E-state index in [-0.39, 0.29) is 6.04 Å². The average Bonchev–Trinajstić information content (AvgIpc) is 3.24. The molecular formula is C29H30N2O2. The zero-order chi connectivity index (χ0) is 22.8. The van der Waals surface area contributed by atoms with Crippen LogP contribution in [0.15, 0.2) is 89.5 Å². The first-order chi connectivity index (χ1) is 16.2. The number of hydrogen-bond donors (Lipinski definition) is 0. The molecule has 0 spiro atoms. The number of para-hydroxylation sites is 1. The number of nitrogens with zero attached hydrogens (tertiary/aromatic N) is 2. The van der Waals surface area contributed by atoms with E-state index >= 15 is 0 Å². The van der Waals surface area contributed by atoms with Gasteiger partial charge in [-0.15, -0.1) is 0 Å². The second-order valence-electron chi connectivity index (χ2n) is 8.98. The first-order valence-electron chi connectivity index (χ1n) is 11.6. The standard InChI is InChI=1S/C29H30N2O2/c1-20-17-23(19-21-9-13-25(32-2)14-10-21)28-27(18-20)29(22-11-15-26(33-3)16-12-22)31(30-28)24-7-5-4-6-8-24/h4-16,19-20,27,29H,17-18H2,1-3H3/b23-19+. The van der Waals surface area contributed by atoms with Crippen LogP contribution in [0, 0.1) is 11.8 Å². The maximum Gasteiger partial charge on any atom is 0.118 e. The van der Waals surface area contributed by atoms with Crippen LogP contribution in [-0.4, -0.2) is 19.9 Å². The quantitative estimate of drug-likeness (QED) is 0.442. The lowest BCUT2D eigenvalue weighted by molar-refractivity contribution is 0.401. The molecule has 0 amide bonds. The molecule has 168 valence electrons. The monoisotopic (exact) mass is 438 g/mol. The minimum Gasteiger partial charge on any atom is -0.497 e. The number of hydrogen-bond acceptors (Lipinski definition) is 4. The lowest BCUT2D eigenvalue weighted by atomic mass is 9.73. The molecule has 1 aliphatic carbocycles. The van der Waals surface area contributed by atoms with Crippen molar-refractivity contribution in [3.05, 3.63) is 95.6 Å². The summed E-state index contributed by atoms with van der Waals surface area (Å²) < 4.78 is 10.7. The van der Waals surface area contributed by atoms with Gasteiger partial charge in [0.15, 0.2) is 0 Å². The van der Waals surface area contributed by atoms with E-state index in [1.807, 2.05) is 12.1 Å². The van der Waals surface area contributed by atoms with Crippen molar-refractivity contribution in [3.63, 3.8) is 0 Å². The van der Waals surface area contributed by atoms with E-state index < -0.39 is 0 Å². The van der Waals surface area contributed by atoms with Gasteiger partial charge in [-0.1, -0.05) is 49.4 Å². The predicted molar refractivity (Wildman–Crippen MR) is 135 cm³/mol. The van der Waals surface area contributed by atoms with Crippen molar-refractivity contribution in [1.29, 1.82) is 0 Å². The number of rotatable bonds is 5. The van der Waals surface area contributed by atoms with Crippen molar-refractivity contribution in [2.45, 2.75) is 25.8 Å². The summed E-state index contributed by atoms with van der Waals surface area (Å²) >= 11 is 0. The first kappa shape index (κ1) is 21.3. The molecule has 3 aromatic carbocycles. The Labute approximate surface area is 196 Å². The van der Waals surface area contributed by atoms with Crippen molar-refractivity contribution in [2.24, 2.45) is 16.9 Å². The number of fused-ring (bicyclic) bond motifs is 1. The maximum atomic E-state index is 5.41. The lowest BCUT2D eigenvalue weighted by Crippen LogP contribution is -2.30. The molecule has 0 saturated heterocycles. The lowest BCUT2D eigenvalue weighted by Gasteiger charge is -2.33. The Morgan fingerprint density at radius 3 is 2.12 bits per heavy atom. The Bertz CT molecular complexity index is 1150. The summed E-state index contributed by atoms with van der Waals surface area (Å²) in [6, 6.07) is 27.4. The third-order valence-electron chi connectivity index (χ3n) is 6.70. The van der Waals surface area contributed by atoms with Crippen LogP contribution < -0.4 is 14.5 Å². The van der Waals surface area contributed by atoms with E-state index in [2.05, 4.69) is 84.7 Å². The topological polar surface area (TPSA) is 34.1 Å². The van der Waals surface area contributed by atoms with Crippen molar-refractivity contribution in [1.82, 2.24) is 0 Å². The fourth-order valence-electron chi connectivity index (χ4n) is 5.12. The van der Waals surface area contributed by atoms with Crippen LogP contribution in [0.3, 0.4) is 0 Å². The molecule has 3 aromatic rings. The molecule has 1 fully saturated rings. The molecular weight excluding hydrogens is 408 g/mol. The number of ether oxygens (including phenoxy) is 2. The van der Waals surface area contributed by atoms with Crippen LogP contribution in [0.1, 0.15) is 36.9 Å². The Hall–Kier alpha value is -3.53. The molecule has 4 heteroatoms. The van der Waals surface area contributed by atoms with Crippen LogP contribution in [0.2, 0.25) is 0 Å². The van der Waals surface area contributed by atoms with E-state index in [0.717, 1.165) is 30.0 Å². The van der Waals surface area contributed by atoms with Gasteiger partial charge >= 0.3 is 0 Å². The van der Waals surface area contributed by atoms with Crippen LogP contribution >= 0.6 is 0 Å². The molecule has 0 aromatic heterocycles. The van der Waals surface area contributed by atoms with E-state index in [9.17, 15) is 0 Å². The molecule has 1 heterocycles. The summed E-state index contributed by atoms with van der Waals surface area (Å²) in [4.78, 5) is 0. The number of allylic oxidation sites excluding steroid dienone is 1. The second kappa shape index (κ2) is 9.14. The van der Waals surface area contributed by atoms with Crippen molar-refractivity contribution >= 4 is 17.5 Å². The summed E-state index contributed by atoms with van der Waals surface area (Å²) in [6.07, 6.45) is 4.47. The fraction of sp³-hybridized carbons (Fsp3) is 0.276. The van der Waals surface area contributed by atoms with E-state index in [1.165, 1.54) is 22.4 Å². The van der Waals surface area contributed by atoms with E-state index in [0.29, 0.717) is 11.8 Å². The van der Waals surface area contributed by atoms with Gasteiger partial charge in [-0.05, 0) is 77.9 Å². The SMILES string of the molecule is COc1ccc(/C=C2\CC(C)CC3C2=NN(c2ccccc2)C3c2ccc(OC)cc2)cc1. The second-order valence-corrected chi connectivity index (χ2v) is 8.98. The highest BCUT2D eigenvalue weighted by Crippen LogP contribution is 2.47. The Morgan fingerprint density at radius 2 is 1.48 bits per heavy atom. The zero-order valence-corrected chi connectivity index (χ0v) is 19.4. The minimum atomic E-state index is 0.162. The number of benzene rings is 3. The Morgan fingerprint density at radius 1 is 0.848 bits per heavy atom. The normalized spacial score (nSPS) is 23.2. The first-order valence-corrected chi connectivity index (χ1v) is 11.6. The highest BCUT2D eigenvalue weighted by atomic mass is 16.5. The van der Waals surface area contributed by atoms with Gasteiger partial charge in [0.05, 0.1) is 31.7 Å². The molecule has 0 radical (unpaired) electrons. The van der Waals surface area contributed by atoms with Crippen LogP contribution in [0.5, 0.6) is 11.5 Å². The Kier molecular flexibility index (Phi) is 5.91. The summed E-state index contributed by atoms with van der Waals surface area (Å²) in [7, 11) is 3.41. The van der Waals surface area contributed by atoms with Gasteiger partial charge in [0.1, 0.15) is 11.5 Å². The van der Waals surface area contributed by atoms with Gasteiger partial charge in [-0.2, -0.15) is 5.10 Å². The molecule has 0 N–H and O–H groups in total. The maximum absolute atomic E-state index is 5.41. The predicted octanol–water partition coefficient (Wildman–Crippen LogP) is 6.75. The molecule has 3 unspecified atom stereocenters. The van der Waals surface area contributed by atoms with Gasteiger partial charge in [0, 0.05) is 5.92 Å². The molecule has 0 bridgehead atoms. The fourth-order valence-corrected chi connectivity index (χ4v) is 5.12. The average molecular weight is 439 g/mol. The van der Waals surface area contributed by atoms with Crippen molar-refractivity contribution in [3.8, 4) is 11.5 Å². The van der Waals surface area contributed by atoms with E-state index in [4.69, 9.17) is 14.6 Å². The van der Waals surface area contributed by atoms with Gasteiger partial charge in [-0.3, -0.25) is 5.01 Å². The van der Waals surface area contributed by atoms with Crippen molar-refractivity contribution < 1.29 is 9.47 Å². The van der Waals surface area contributed by atoms with Crippen molar-refractivity contribution in [2.75, 3.05) is 19.2 Å². The summed E-state index contributed by atoms with van der Waals surface area (Å²) in [5, 5.41) is 7.48. The molecule has 2 aliphatic rings. The largest absolute Gasteiger partial charge is 0.497 e. The van der Waals surface area contributed by atoms with Crippen LogP contribution in [0.4, 0.5) is 5.69 Å². The highest BCUT2D eigenvalue weighted by molar-refractivity contribution is 6.08. The zero-order valence-electron chi connectivity index (χ0n) is 19.4. The summed E-state index contributed by atoms with van der Waals surface area (Å²) in [5.74, 6) is 2.68. The summed E-state index contributed by atoms with van der Waals surface area (Å²) in [5.41, 5.74) is 6.12. The van der Waals surface area contributed by atoms with Gasteiger partial charge in [0.25, 0.3) is 0 Å². The summed E-state index contributed by atoms with van der Waals surface area (Å²) in [6.45, 7) is 2.36. The third-order valence-corrected chi connectivity index (χ3v) is 6.70. The van der Waals surface area contributed by atoms with Gasteiger partial charge in [0.2, 0.25) is 0 Å². The molecule has 1 saturated carbocycles. The number of hydrazone groups is 1. The molecule has 33 heavy (non-hydrogen) atoms. The van der Waals surface area contributed by atoms with E-state index in [1.54, 1.807) is 14.2 Å².